The van der Waals surface area contributed by atoms with E-state index < -0.39 is 0 Å². The van der Waals surface area contributed by atoms with E-state index in [2.05, 4.69) is 17.1 Å². The fourth-order valence-corrected chi connectivity index (χ4v) is 2.75. The molecule has 15 heavy (non-hydrogen) atoms. The summed E-state index contributed by atoms with van der Waals surface area (Å²) in [5, 5.41) is 3.22. The summed E-state index contributed by atoms with van der Waals surface area (Å²) in [6.07, 6.45) is 1.21. The van der Waals surface area contributed by atoms with Crippen molar-refractivity contribution in [1.29, 1.82) is 0 Å². The number of hydrogen-bond donors (Lipinski definition) is 1. The predicted molar refractivity (Wildman–Crippen MR) is 59.8 cm³/mol. The number of fused-ring (bicyclic) bond motifs is 3. The molecule has 0 aromatic heterocycles. The zero-order valence-corrected chi connectivity index (χ0v) is 8.83. The highest BCUT2D eigenvalue weighted by atomic mass is 19.1. The van der Waals surface area contributed by atoms with Crippen molar-refractivity contribution in [2.45, 2.75) is 19.4 Å². The molecule has 3 heteroatoms. The van der Waals surface area contributed by atoms with Gasteiger partial charge in [-0.2, -0.15) is 0 Å². The van der Waals surface area contributed by atoms with Crippen LogP contribution < -0.4 is 10.2 Å². The fraction of sp³-hybridized carbons (Fsp3) is 0.500. The van der Waals surface area contributed by atoms with Crippen molar-refractivity contribution in [3.05, 3.63) is 24.0 Å². The predicted octanol–water partition coefficient (Wildman–Crippen LogP) is 2.47. The van der Waals surface area contributed by atoms with Gasteiger partial charge in [0.25, 0.3) is 0 Å². The Kier molecular flexibility index (Phi) is 1.87. The Labute approximate surface area is 89.1 Å². The van der Waals surface area contributed by atoms with Crippen molar-refractivity contribution in [3.63, 3.8) is 0 Å². The summed E-state index contributed by atoms with van der Waals surface area (Å²) >= 11 is 0. The summed E-state index contributed by atoms with van der Waals surface area (Å²) in [5.41, 5.74) is 1.72. The number of halogens is 1. The smallest absolute Gasteiger partial charge is 0.148 e. The molecule has 0 saturated carbocycles. The quantitative estimate of drug-likeness (QED) is 0.701. The fourth-order valence-electron chi connectivity index (χ4n) is 2.75. The monoisotopic (exact) mass is 206 g/mol. The van der Waals surface area contributed by atoms with Crippen LogP contribution in [0.15, 0.2) is 18.2 Å². The van der Waals surface area contributed by atoms with Crippen LogP contribution in [-0.2, 0) is 0 Å². The van der Waals surface area contributed by atoms with E-state index >= 15 is 0 Å². The second-order valence-electron chi connectivity index (χ2n) is 4.54. The Hall–Kier alpha value is -1.25. The molecule has 0 aliphatic carbocycles. The van der Waals surface area contributed by atoms with E-state index in [1.165, 1.54) is 12.5 Å². The highest BCUT2D eigenvalue weighted by Gasteiger charge is 2.35. The molecular weight excluding hydrogens is 191 g/mol. The van der Waals surface area contributed by atoms with E-state index in [1.807, 2.05) is 6.07 Å². The van der Waals surface area contributed by atoms with Gasteiger partial charge in [-0.15, -0.1) is 0 Å². The summed E-state index contributed by atoms with van der Waals surface area (Å²) in [5.74, 6) is 0.569. The molecule has 1 fully saturated rings. The number of nitrogens with one attached hydrogen (secondary N) is 1. The van der Waals surface area contributed by atoms with E-state index in [9.17, 15) is 4.39 Å². The lowest BCUT2D eigenvalue weighted by atomic mass is 10.0. The average Bonchev–Trinajstić information content (AvgIpc) is 2.61. The maximum atomic E-state index is 13.5. The van der Waals surface area contributed by atoms with E-state index in [1.54, 1.807) is 6.07 Å². The number of anilines is 2. The van der Waals surface area contributed by atoms with Crippen molar-refractivity contribution in [2.75, 3.05) is 23.3 Å². The number of nitrogens with zero attached hydrogens (tertiary/aromatic N) is 1. The summed E-state index contributed by atoms with van der Waals surface area (Å²) in [6, 6.07) is 5.86. The van der Waals surface area contributed by atoms with E-state index in [-0.39, 0.29) is 5.82 Å². The van der Waals surface area contributed by atoms with Crippen LogP contribution in [0.1, 0.15) is 13.3 Å². The van der Waals surface area contributed by atoms with Gasteiger partial charge in [0, 0.05) is 19.1 Å². The minimum Gasteiger partial charge on any atom is -0.379 e. The molecule has 80 valence electrons. The van der Waals surface area contributed by atoms with E-state index in [0.717, 1.165) is 18.8 Å². The zero-order chi connectivity index (χ0) is 10.4. The first-order valence-electron chi connectivity index (χ1n) is 5.56. The number of hydrogen-bond acceptors (Lipinski definition) is 2. The maximum Gasteiger partial charge on any atom is 0.148 e. The molecule has 0 spiro atoms. The Morgan fingerprint density at radius 1 is 1.47 bits per heavy atom. The summed E-state index contributed by atoms with van der Waals surface area (Å²) in [7, 11) is 0. The Morgan fingerprint density at radius 2 is 2.33 bits per heavy atom. The van der Waals surface area contributed by atoms with Gasteiger partial charge in [0.2, 0.25) is 0 Å². The Morgan fingerprint density at radius 3 is 3.20 bits per heavy atom. The van der Waals surface area contributed by atoms with Gasteiger partial charge in [0.15, 0.2) is 0 Å². The van der Waals surface area contributed by atoms with Gasteiger partial charge in [-0.3, -0.25) is 0 Å². The molecule has 2 nitrogen and oxygen atoms in total. The standard InChI is InChI=1S/C12H15FN2/c1-8-5-6-15-10-4-2-3-9(13)12(10)14-7-11(8)15/h2-4,8,11,14H,5-7H2,1H3. The van der Waals surface area contributed by atoms with Gasteiger partial charge in [0.1, 0.15) is 5.82 Å². The first kappa shape index (κ1) is 9.01. The van der Waals surface area contributed by atoms with Gasteiger partial charge in [-0.05, 0) is 24.5 Å². The van der Waals surface area contributed by atoms with Crippen molar-refractivity contribution < 1.29 is 4.39 Å². The molecule has 2 unspecified atom stereocenters. The molecule has 2 aliphatic heterocycles. The third-order valence-corrected chi connectivity index (χ3v) is 3.67. The summed E-state index contributed by atoms with van der Waals surface area (Å²) < 4.78 is 13.5. The maximum absolute atomic E-state index is 13.5. The minimum absolute atomic E-state index is 0.134. The van der Waals surface area contributed by atoms with Crippen LogP contribution >= 0.6 is 0 Å². The SMILES string of the molecule is CC1CCN2c3cccc(F)c3NCC12. The van der Waals surface area contributed by atoms with Crippen molar-refractivity contribution in [1.82, 2.24) is 0 Å². The molecule has 3 rings (SSSR count). The van der Waals surface area contributed by atoms with Gasteiger partial charge in [0.05, 0.1) is 11.4 Å². The summed E-state index contributed by atoms with van der Waals surface area (Å²) in [6.45, 7) is 4.20. The molecule has 1 N–H and O–H groups in total. The van der Waals surface area contributed by atoms with Gasteiger partial charge in [-0.1, -0.05) is 13.0 Å². The van der Waals surface area contributed by atoms with E-state index in [0.29, 0.717) is 17.6 Å². The third kappa shape index (κ3) is 1.22. The molecule has 1 aromatic carbocycles. The number of benzene rings is 1. The first-order chi connectivity index (χ1) is 7.27. The normalized spacial score (nSPS) is 28.3. The first-order valence-corrected chi connectivity index (χ1v) is 5.56. The molecule has 1 saturated heterocycles. The van der Waals surface area contributed by atoms with Gasteiger partial charge < -0.3 is 10.2 Å². The number of rotatable bonds is 0. The summed E-state index contributed by atoms with van der Waals surface area (Å²) in [4.78, 5) is 2.35. The molecular formula is C12H15FN2. The van der Waals surface area contributed by atoms with E-state index in [4.69, 9.17) is 0 Å². The van der Waals surface area contributed by atoms with Crippen LogP contribution in [0.3, 0.4) is 0 Å². The zero-order valence-electron chi connectivity index (χ0n) is 8.83. The Bertz CT molecular complexity index is 391. The van der Waals surface area contributed by atoms with Crippen molar-refractivity contribution >= 4 is 11.4 Å². The Balaban J connectivity index is 2.06. The van der Waals surface area contributed by atoms with Crippen LogP contribution in [0.2, 0.25) is 0 Å². The topological polar surface area (TPSA) is 15.3 Å². The number of para-hydroxylation sites is 1. The second kappa shape index (κ2) is 3.12. The highest BCUT2D eigenvalue weighted by Crippen LogP contribution is 2.39. The van der Waals surface area contributed by atoms with Gasteiger partial charge >= 0.3 is 0 Å². The van der Waals surface area contributed by atoms with Gasteiger partial charge in [-0.25, -0.2) is 4.39 Å². The molecule has 0 radical (unpaired) electrons. The lowest BCUT2D eigenvalue weighted by Gasteiger charge is -2.36. The molecule has 2 atom stereocenters. The van der Waals surface area contributed by atoms with Crippen LogP contribution in [0.5, 0.6) is 0 Å². The average molecular weight is 206 g/mol. The van der Waals surface area contributed by atoms with Crippen molar-refractivity contribution in [3.8, 4) is 0 Å². The van der Waals surface area contributed by atoms with Crippen LogP contribution in [0.4, 0.5) is 15.8 Å². The molecule has 2 heterocycles. The molecule has 1 aromatic rings. The van der Waals surface area contributed by atoms with Crippen LogP contribution in [0, 0.1) is 11.7 Å². The molecule has 2 aliphatic rings. The minimum atomic E-state index is -0.134. The molecule has 0 bridgehead atoms. The highest BCUT2D eigenvalue weighted by molar-refractivity contribution is 5.73. The van der Waals surface area contributed by atoms with Crippen molar-refractivity contribution in [2.24, 2.45) is 5.92 Å². The van der Waals surface area contributed by atoms with Crippen LogP contribution in [-0.4, -0.2) is 19.1 Å². The third-order valence-electron chi connectivity index (χ3n) is 3.67. The second-order valence-corrected chi connectivity index (χ2v) is 4.54. The largest absolute Gasteiger partial charge is 0.379 e. The van der Waals surface area contributed by atoms with Crippen LogP contribution in [0.25, 0.3) is 0 Å². The lowest BCUT2D eigenvalue weighted by Crippen LogP contribution is -2.42. The molecule has 0 amide bonds. The lowest BCUT2D eigenvalue weighted by molar-refractivity contribution is 0.520.